The number of ether oxygens (including phenoxy) is 1. The molecular weight excluding hydrogens is 412 g/mol. The second kappa shape index (κ2) is 9.14. The number of carbonyl (C=O) groups excluding carboxylic acids is 2. The number of amides is 1. The smallest absolute Gasteiger partial charge is 0.296 e. The van der Waals surface area contributed by atoms with E-state index in [-0.39, 0.29) is 17.9 Å². The highest BCUT2D eigenvalue weighted by molar-refractivity contribution is 7.10. The number of hydrogen-bond acceptors (Lipinski definition) is 6. The van der Waals surface area contributed by atoms with Gasteiger partial charge >= 0.3 is 0 Å². The van der Waals surface area contributed by atoms with E-state index in [1.54, 1.807) is 42.6 Å². The number of aliphatic hydroxyl groups is 1. The Morgan fingerprint density at radius 3 is 2.74 bits per heavy atom. The number of benzene rings is 1. The van der Waals surface area contributed by atoms with E-state index in [1.807, 2.05) is 30.5 Å². The lowest BCUT2D eigenvalue weighted by Crippen LogP contribution is -2.29. The number of rotatable bonds is 7. The van der Waals surface area contributed by atoms with Crippen molar-refractivity contribution in [1.82, 2.24) is 9.88 Å². The lowest BCUT2D eigenvalue weighted by molar-refractivity contribution is -0.140. The minimum absolute atomic E-state index is 0.0797. The molecule has 0 aliphatic carbocycles. The van der Waals surface area contributed by atoms with Gasteiger partial charge in [-0.2, -0.15) is 0 Å². The highest BCUT2D eigenvalue weighted by atomic mass is 32.1. The minimum Gasteiger partial charge on any atom is -0.507 e. The molecule has 1 amide bonds. The predicted octanol–water partition coefficient (Wildman–Crippen LogP) is 4.55. The van der Waals surface area contributed by atoms with Gasteiger partial charge in [-0.3, -0.25) is 14.6 Å². The van der Waals surface area contributed by atoms with Crippen LogP contribution in [0.2, 0.25) is 0 Å². The minimum atomic E-state index is -0.702. The SMILES string of the molecule is CCCOc1cccc(/C(O)=C2/C(=O)C(=O)N(Cc3ccccn3)C2c2cccs2)c1. The number of carbonyl (C=O) groups is 2. The van der Waals surface area contributed by atoms with Crippen molar-refractivity contribution in [3.05, 3.63) is 87.9 Å². The summed E-state index contributed by atoms with van der Waals surface area (Å²) < 4.78 is 5.65. The molecule has 1 unspecified atom stereocenters. The third-order valence-corrected chi connectivity index (χ3v) is 5.92. The second-order valence-electron chi connectivity index (χ2n) is 7.14. The Hall–Kier alpha value is -3.45. The lowest BCUT2D eigenvalue weighted by Gasteiger charge is -2.23. The van der Waals surface area contributed by atoms with Crippen molar-refractivity contribution < 1.29 is 19.4 Å². The van der Waals surface area contributed by atoms with Crippen LogP contribution in [0.25, 0.3) is 5.76 Å². The molecule has 0 radical (unpaired) electrons. The van der Waals surface area contributed by atoms with Crippen molar-refractivity contribution in [1.29, 1.82) is 0 Å². The van der Waals surface area contributed by atoms with Crippen LogP contribution in [0.1, 0.15) is 35.5 Å². The van der Waals surface area contributed by atoms with Crippen LogP contribution in [-0.2, 0) is 16.1 Å². The Kier molecular flexibility index (Phi) is 6.13. The summed E-state index contributed by atoms with van der Waals surface area (Å²) in [7, 11) is 0. The van der Waals surface area contributed by atoms with E-state index in [2.05, 4.69) is 4.98 Å². The van der Waals surface area contributed by atoms with Crippen LogP contribution >= 0.6 is 11.3 Å². The standard InChI is InChI=1S/C24H22N2O4S/c1-2-12-30-18-9-5-7-16(14-18)22(27)20-21(19-10-6-13-31-19)26(24(29)23(20)28)15-17-8-3-4-11-25-17/h3-11,13-14,21,27H,2,12,15H2,1H3/b22-20-. The molecule has 1 saturated heterocycles. The number of aromatic nitrogens is 1. The molecule has 1 N–H and O–H groups in total. The van der Waals surface area contributed by atoms with Crippen LogP contribution < -0.4 is 4.74 Å². The van der Waals surface area contributed by atoms with Crippen molar-refractivity contribution in [3.8, 4) is 5.75 Å². The zero-order valence-corrected chi connectivity index (χ0v) is 17.8. The maximum atomic E-state index is 13.0. The maximum absolute atomic E-state index is 13.0. The van der Waals surface area contributed by atoms with Crippen molar-refractivity contribution in [2.45, 2.75) is 25.9 Å². The van der Waals surface area contributed by atoms with E-state index in [4.69, 9.17) is 4.74 Å². The zero-order valence-electron chi connectivity index (χ0n) is 17.0. The van der Waals surface area contributed by atoms with Gasteiger partial charge in [-0.1, -0.05) is 31.2 Å². The van der Waals surface area contributed by atoms with Gasteiger partial charge in [0.1, 0.15) is 17.6 Å². The first-order valence-corrected chi connectivity index (χ1v) is 10.9. The summed E-state index contributed by atoms with van der Waals surface area (Å²) in [6.07, 6.45) is 2.50. The first-order chi connectivity index (χ1) is 15.1. The Balaban J connectivity index is 1.78. The number of aliphatic hydroxyl groups excluding tert-OH is 1. The summed E-state index contributed by atoms with van der Waals surface area (Å²) in [6, 6.07) is 15.4. The fraction of sp³-hybridized carbons (Fsp3) is 0.208. The number of hydrogen-bond donors (Lipinski definition) is 1. The predicted molar refractivity (Wildman–Crippen MR) is 119 cm³/mol. The van der Waals surface area contributed by atoms with Gasteiger partial charge in [-0.05, 0) is 42.1 Å². The van der Waals surface area contributed by atoms with Crippen LogP contribution in [0.4, 0.5) is 0 Å². The Labute approximate surface area is 184 Å². The molecule has 1 aliphatic rings. The third kappa shape index (κ3) is 4.22. The van der Waals surface area contributed by atoms with Crippen LogP contribution in [0.15, 0.2) is 71.7 Å². The Morgan fingerprint density at radius 2 is 2.03 bits per heavy atom. The lowest BCUT2D eigenvalue weighted by atomic mass is 9.99. The van der Waals surface area contributed by atoms with Gasteiger partial charge < -0.3 is 14.7 Å². The summed E-state index contributed by atoms with van der Waals surface area (Å²) in [5.41, 5.74) is 1.18. The molecule has 31 heavy (non-hydrogen) atoms. The van der Waals surface area contributed by atoms with E-state index < -0.39 is 17.7 Å². The summed E-state index contributed by atoms with van der Waals surface area (Å²) in [6.45, 7) is 2.73. The molecule has 6 nitrogen and oxygen atoms in total. The molecule has 1 atom stereocenters. The normalized spacial score (nSPS) is 17.8. The molecule has 1 fully saturated rings. The first-order valence-electron chi connectivity index (χ1n) is 10.0. The van der Waals surface area contributed by atoms with E-state index in [0.717, 1.165) is 11.3 Å². The van der Waals surface area contributed by atoms with Gasteiger partial charge in [0.2, 0.25) is 0 Å². The van der Waals surface area contributed by atoms with Gasteiger partial charge in [0.15, 0.2) is 0 Å². The van der Waals surface area contributed by atoms with Crippen molar-refractivity contribution in [2.24, 2.45) is 0 Å². The molecular formula is C24H22N2O4S. The van der Waals surface area contributed by atoms with E-state index >= 15 is 0 Å². The second-order valence-corrected chi connectivity index (χ2v) is 8.12. The van der Waals surface area contributed by atoms with Gasteiger partial charge in [0.05, 0.1) is 24.4 Å². The van der Waals surface area contributed by atoms with Crippen molar-refractivity contribution >= 4 is 28.8 Å². The van der Waals surface area contributed by atoms with E-state index in [1.165, 1.54) is 16.2 Å². The molecule has 1 aromatic carbocycles. The number of pyridine rings is 1. The largest absolute Gasteiger partial charge is 0.507 e. The summed E-state index contributed by atoms with van der Waals surface area (Å²) in [4.78, 5) is 32.5. The highest BCUT2D eigenvalue weighted by Crippen LogP contribution is 2.42. The van der Waals surface area contributed by atoms with Gasteiger partial charge in [0, 0.05) is 16.6 Å². The molecule has 0 saturated carbocycles. The Bertz CT molecular complexity index is 1110. The molecule has 158 valence electrons. The summed E-state index contributed by atoms with van der Waals surface area (Å²) in [5, 5.41) is 13.0. The molecule has 0 spiro atoms. The number of thiophene rings is 1. The van der Waals surface area contributed by atoms with Crippen molar-refractivity contribution in [3.63, 3.8) is 0 Å². The monoisotopic (exact) mass is 434 g/mol. The number of likely N-dealkylation sites (tertiary alicyclic amines) is 1. The van der Waals surface area contributed by atoms with Crippen LogP contribution in [-0.4, -0.2) is 33.3 Å². The maximum Gasteiger partial charge on any atom is 0.296 e. The van der Waals surface area contributed by atoms with E-state index in [9.17, 15) is 14.7 Å². The molecule has 4 rings (SSSR count). The van der Waals surface area contributed by atoms with Gasteiger partial charge in [0.25, 0.3) is 11.7 Å². The van der Waals surface area contributed by atoms with Crippen molar-refractivity contribution in [2.75, 3.05) is 6.61 Å². The fourth-order valence-electron chi connectivity index (χ4n) is 3.56. The van der Waals surface area contributed by atoms with Gasteiger partial charge in [-0.15, -0.1) is 11.3 Å². The molecule has 3 heterocycles. The highest BCUT2D eigenvalue weighted by Gasteiger charge is 2.46. The molecule has 1 aliphatic heterocycles. The van der Waals surface area contributed by atoms with Gasteiger partial charge in [-0.25, -0.2) is 0 Å². The number of ketones is 1. The average Bonchev–Trinajstić information content (AvgIpc) is 3.41. The van der Waals surface area contributed by atoms with Crippen LogP contribution in [0, 0.1) is 0 Å². The summed E-state index contributed by atoms with van der Waals surface area (Å²) in [5.74, 6) is -0.959. The van der Waals surface area contributed by atoms with Crippen LogP contribution in [0.3, 0.4) is 0 Å². The zero-order chi connectivity index (χ0) is 21.8. The first kappa shape index (κ1) is 20.8. The molecule has 2 aromatic heterocycles. The molecule has 7 heteroatoms. The van der Waals surface area contributed by atoms with Crippen LogP contribution in [0.5, 0.6) is 5.75 Å². The quantitative estimate of drug-likeness (QED) is 0.335. The van der Waals surface area contributed by atoms with E-state index in [0.29, 0.717) is 23.6 Å². The fourth-order valence-corrected chi connectivity index (χ4v) is 4.41. The molecule has 3 aromatic rings. The topological polar surface area (TPSA) is 79.7 Å². The third-order valence-electron chi connectivity index (χ3n) is 4.99. The Morgan fingerprint density at radius 1 is 1.16 bits per heavy atom. The number of nitrogens with zero attached hydrogens (tertiary/aromatic N) is 2. The summed E-state index contributed by atoms with van der Waals surface area (Å²) >= 11 is 1.43. The number of Topliss-reactive ketones (excluding diaryl/α,β-unsaturated/α-hetero) is 1. The average molecular weight is 435 g/mol. The molecule has 0 bridgehead atoms.